The lowest BCUT2D eigenvalue weighted by molar-refractivity contribution is -0.139. The standard InChI is InChI=1S/C19H24N6O3S/c1-4-13-15(17(26)28-6-3)14(22-18(27)21-13)11-29-19-24-23-16(25(19)5-2)12-7-9-20-10-8-12/h7-10,13H,4-6,11H2,1-3H3,(H2,21,22,27)/t13-/m0/s1. The lowest BCUT2D eigenvalue weighted by Crippen LogP contribution is -2.50. The van der Waals surface area contributed by atoms with Gasteiger partial charge in [-0.1, -0.05) is 18.7 Å². The fraction of sp³-hybridized carbons (Fsp3) is 0.421. The van der Waals surface area contributed by atoms with Gasteiger partial charge in [-0.05, 0) is 32.4 Å². The molecule has 0 saturated carbocycles. The molecule has 1 aliphatic heterocycles. The number of aromatic nitrogens is 4. The predicted molar refractivity (Wildman–Crippen MR) is 109 cm³/mol. The van der Waals surface area contributed by atoms with Crippen molar-refractivity contribution in [3.63, 3.8) is 0 Å². The van der Waals surface area contributed by atoms with Crippen molar-refractivity contribution < 1.29 is 14.3 Å². The molecule has 0 bridgehead atoms. The Balaban J connectivity index is 1.87. The van der Waals surface area contributed by atoms with Crippen molar-refractivity contribution in [3.05, 3.63) is 35.8 Å². The van der Waals surface area contributed by atoms with Crippen LogP contribution in [-0.4, -0.2) is 50.2 Å². The van der Waals surface area contributed by atoms with E-state index in [1.807, 2.05) is 30.5 Å². The number of urea groups is 1. The second-order valence-corrected chi connectivity index (χ2v) is 7.19. The Kier molecular flexibility index (Phi) is 6.86. The van der Waals surface area contributed by atoms with Crippen LogP contribution in [0.25, 0.3) is 11.4 Å². The van der Waals surface area contributed by atoms with Crippen molar-refractivity contribution in [2.45, 2.75) is 44.9 Å². The molecule has 2 N–H and O–H groups in total. The van der Waals surface area contributed by atoms with Crippen LogP contribution in [0.4, 0.5) is 4.79 Å². The molecule has 1 atom stereocenters. The molecule has 3 rings (SSSR count). The second-order valence-electron chi connectivity index (χ2n) is 6.25. The number of carbonyl (C=O) groups is 2. The molecule has 2 aromatic heterocycles. The SMILES string of the molecule is CCOC(=O)C1=C(CSc2nnc(-c3ccncc3)n2CC)NC(=O)N[C@H]1CC. The molecule has 0 saturated heterocycles. The van der Waals surface area contributed by atoms with E-state index < -0.39 is 5.97 Å². The van der Waals surface area contributed by atoms with Crippen molar-refractivity contribution in [1.29, 1.82) is 0 Å². The Morgan fingerprint density at radius 1 is 1.24 bits per heavy atom. The minimum Gasteiger partial charge on any atom is -0.463 e. The summed E-state index contributed by atoms with van der Waals surface area (Å²) in [5.74, 6) is 0.696. The molecule has 0 unspecified atom stereocenters. The van der Waals surface area contributed by atoms with Gasteiger partial charge in [0, 0.05) is 36.0 Å². The third-order valence-electron chi connectivity index (χ3n) is 4.46. The Labute approximate surface area is 173 Å². The molecule has 3 heterocycles. The molecule has 10 heteroatoms. The van der Waals surface area contributed by atoms with Gasteiger partial charge in [0.25, 0.3) is 0 Å². The number of hydrogen-bond donors (Lipinski definition) is 2. The summed E-state index contributed by atoms with van der Waals surface area (Å²) < 4.78 is 7.19. The molecule has 29 heavy (non-hydrogen) atoms. The summed E-state index contributed by atoms with van der Waals surface area (Å²) >= 11 is 1.41. The van der Waals surface area contributed by atoms with E-state index in [0.717, 1.165) is 11.4 Å². The van der Waals surface area contributed by atoms with Crippen molar-refractivity contribution in [1.82, 2.24) is 30.4 Å². The van der Waals surface area contributed by atoms with Gasteiger partial charge in [-0.3, -0.25) is 4.98 Å². The van der Waals surface area contributed by atoms with E-state index in [2.05, 4.69) is 25.8 Å². The lowest BCUT2D eigenvalue weighted by Gasteiger charge is -2.28. The maximum atomic E-state index is 12.5. The molecule has 154 valence electrons. The average molecular weight is 417 g/mol. The first-order valence-corrected chi connectivity index (χ1v) is 10.5. The highest BCUT2D eigenvalue weighted by molar-refractivity contribution is 7.99. The summed E-state index contributed by atoms with van der Waals surface area (Å²) in [5.41, 5.74) is 1.92. The van der Waals surface area contributed by atoms with Gasteiger partial charge in [0.1, 0.15) is 0 Å². The Bertz CT molecular complexity index is 912. The first kappa shape index (κ1) is 20.8. The van der Waals surface area contributed by atoms with Crippen LogP contribution in [0.2, 0.25) is 0 Å². The monoisotopic (exact) mass is 416 g/mol. The molecule has 0 spiro atoms. The second kappa shape index (κ2) is 9.55. The largest absolute Gasteiger partial charge is 0.463 e. The number of nitrogens with zero attached hydrogens (tertiary/aromatic N) is 4. The fourth-order valence-electron chi connectivity index (χ4n) is 3.11. The van der Waals surface area contributed by atoms with E-state index >= 15 is 0 Å². The molecule has 2 aromatic rings. The summed E-state index contributed by atoms with van der Waals surface area (Å²) in [5, 5.41) is 14.8. The van der Waals surface area contributed by atoms with Gasteiger partial charge in [0.2, 0.25) is 0 Å². The zero-order valence-corrected chi connectivity index (χ0v) is 17.5. The van der Waals surface area contributed by atoms with Crippen molar-refractivity contribution in [2.75, 3.05) is 12.4 Å². The molecule has 0 radical (unpaired) electrons. The van der Waals surface area contributed by atoms with Crippen molar-refractivity contribution in [3.8, 4) is 11.4 Å². The number of pyridine rings is 1. The molecule has 2 amide bonds. The number of hydrogen-bond acceptors (Lipinski definition) is 7. The topological polar surface area (TPSA) is 111 Å². The van der Waals surface area contributed by atoms with Crippen LogP contribution in [0.15, 0.2) is 41.0 Å². The molecular formula is C19H24N6O3S. The summed E-state index contributed by atoms with van der Waals surface area (Å²) in [4.78, 5) is 28.6. The Morgan fingerprint density at radius 2 is 2.00 bits per heavy atom. The number of ether oxygens (including phenoxy) is 1. The number of esters is 1. The highest BCUT2D eigenvalue weighted by Gasteiger charge is 2.31. The van der Waals surface area contributed by atoms with Crippen LogP contribution < -0.4 is 10.6 Å². The van der Waals surface area contributed by atoms with Crippen LogP contribution in [0.1, 0.15) is 27.2 Å². The lowest BCUT2D eigenvalue weighted by atomic mass is 10.0. The number of amides is 2. The van der Waals surface area contributed by atoms with E-state index in [4.69, 9.17) is 4.74 Å². The van der Waals surface area contributed by atoms with Gasteiger partial charge in [-0.2, -0.15) is 0 Å². The zero-order valence-electron chi connectivity index (χ0n) is 16.6. The normalized spacial score (nSPS) is 16.4. The van der Waals surface area contributed by atoms with Crippen LogP contribution in [0, 0.1) is 0 Å². The smallest absolute Gasteiger partial charge is 0.337 e. The number of carbonyl (C=O) groups excluding carboxylic acids is 2. The summed E-state index contributed by atoms with van der Waals surface area (Å²) in [6.45, 7) is 6.64. The van der Waals surface area contributed by atoms with Crippen LogP contribution in [0.3, 0.4) is 0 Å². The number of nitrogens with one attached hydrogen (secondary N) is 2. The maximum Gasteiger partial charge on any atom is 0.337 e. The zero-order chi connectivity index (χ0) is 20.8. The minimum absolute atomic E-state index is 0.270. The number of rotatable bonds is 8. The third-order valence-corrected chi connectivity index (χ3v) is 5.46. The van der Waals surface area contributed by atoms with E-state index in [-0.39, 0.29) is 18.7 Å². The van der Waals surface area contributed by atoms with E-state index in [9.17, 15) is 9.59 Å². The first-order chi connectivity index (χ1) is 14.1. The van der Waals surface area contributed by atoms with Gasteiger partial charge in [-0.15, -0.1) is 10.2 Å². The number of thioether (sulfide) groups is 1. The quantitative estimate of drug-likeness (QED) is 0.502. The van der Waals surface area contributed by atoms with Gasteiger partial charge >= 0.3 is 12.0 Å². The highest BCUT2D eigenvalue weighted by atomic mass is 32.2. The molecule has 9 nitrogen and oxygen atoms in total. The third kappa shape index (κ3) is 4.58. The van der Waals surface area contributed by atoms with Gasteiger partial charge < -0.3 is 19.9 Å². The first-order valence-electron chi connectivity index (χ1n) is 9.53. The van der Waals surface area contributed by atoms with E-state index in [0.29, 0.717) is 35.1 Å². The van der Waals surface area contributed by atoms with Gasteiger partial charge in [0.05, 0.1) is 18.2 Å². The van der Waals surface area contributed by atoms with E-state index in [1.54, 1.807) is 19.3 Å². The molecule has 1 aliphatic rings. The summed E-state index contributed by atoms with van der Waals surface area (Å²) in [7, 11) is 0. The maximum absolute atomic E-state index is 12.5. The van der Waals surface area contributed by atoms with E-state index in [1.165, 1.54) is 11.8 Å². The molecule has 0 aromatic carbocycles. The highest BCUT2D eigenvalue weighted by Crippen LogP contribution is 2.27. The summed E-state index contributed by atoms with van der Waals surface area (Å²) in [6, 6.07) is 3.06. The minimum atomic E-state index is -0.420. The van der Waals surface area contributed by atoms with Gasteiger partial charge in [0.15, 0.2) is 11.0 Å². The molecular weight excluding hydrogens is 392 g/mol. The average Bonchev–Trinajstić information content (AvgIpc) is 3.15. The Hall–Kier alpha value is -2.88. The van der Waals surface area contributed by atoms with Crippen LogP contribution >= 0.6 is 11.8 Å². The fourth-order valence-corrected chi connectivity index (χ4v) is 4.08. The predicted octanol–water partition coefficient (Wildman–Crippen LogP) is 2.36. The van der Waals surface area contributed by atoms with Crippen LogP contribution in [-0.2, 0) is 16.1 Å². The Morgan fingerprint density at radius 3 is 2.66 bits per heavy atom. The van der Waals surface area contributed by atoms with Crippen LogP contribution in [0.5, 0.6) is 0 Å². The van der Waals surface area contributed by atoms with Crippen molar-refractivity contribution in [2.24, 2.45) is 0 Å². The summed E-state index contributed by atoms with van der Waals surface area (Å²) in [6.07, 6.45) is 4.01. The molecule has 0 aliphatic carbocycles. The van der Waals surface area contributed by atoms with Gasteiger partial charge in [-0.25, -0.2) is 9.59 Å². The van der Waals surface area contributed by atoms with Crippen molar-refractivity contribution >= 4 is 23.8 Å². The molecule has 0 fully saturated rings.